The molecule has 1 N–H and O–H groups in total. The van der Waals surface area contributed by atoms with E-state index >= 15 is 0 Å². The SMILES string of the molecule is COc1cc(OC)cc(C(NC(=O)CC2C=CCC2)c2nccn2C)c1. The Labute approximate surface area is 153 Å². The quantitative estimate of drug-likeness (QED) is 0.776. The Balaban J connectivity index is 1.90. The molecule has 0 radical (unpaired) electrons. The lowest BCUT2D eigenvalue weighted by Crippen LogP contribution is -2.32. The number of hydrogen-bond acceptors (Lipinski definition) is 4. The van der Waals surface area contributed by atoms with Gasteiger partial charge in [-0.15, -0.1) is 0 Å². The van der Waals surface area contributed by atoms with E-state index in [-0.39, 0.29) is 11.9 Å². The summed E-state index contributed by atoms with van der Waals surface area (Å²) in [5, 5.41) is 3.14. The number of rotatable bonds is 7. The maximum atomic E-state index is 12.7. The zero-order chi connectivity index (χ0) is 18.5. The molecule has 1 aliphatic rings. The Morgan fingerprint density at radius 2 is 2.04 bits per heavy atom. The number of carbonyl (C=O) groups excluding carboxylic acids is 1. The van der Waals surface area contributed by atoms with Crippen LogP contribution in [0.4, 0.5) is 0 Å². The van der Waals surface area contributed by atoms with E-state index in [1.165, 1.54) is 0 Å². The first-order chi connectivity index (χ1) is 12.6. The molecule has 3 rings (SSSR count). The van der Waals surface area contributed by atoms with Crippen LogP contribution in [0.25, 0.3) is 0 Å². The van der Waals surface area contributed by atoms with Crippen molar-refractivity contribution in [1.82, 2.24) is 14.9 Å². The number of amides is 1. The maximum Gasteiger partial charge on any atom is 0.221 e. The van der Waals surface area contributed by atoms with Gasteiger partial charge in [-0.25, -0.2) is 4.98 Å². The predicted octanol–water partition coefficient (Wildman–Crippen LogP) is 3.00. The molecule has 1 aliphatic carbocycles. The van der Waals surface area contributed by atoms with Crippen molar-refractivity contribution in [3.63, 3.8) is 0 Å². The third kappa shape index (κ3) is 4.07. The smallest absolute Gasteiger partial charge is 0.221 e. The highest BCUT2D eigenvalue weighted by Crippen LogP contribution is 2.30. The van der Waals surface area contributed by atoms with Gasteiger partial charge in [0.2, 0.25) is 5.91 Å². The van der Waals surface area contributed by atoms with Crippen LogP contribution < -0.4 is 14.8 Å². The van der Waals surface area contributed by atoms with Crippen LogP contribution in [0.3, 0.4) is 0 Å². The van der Waals surface area contributed by atoms with E-state index in [4.69, 9.17) is 9.47 Å². The van der Waals surface area contributed by atoms with E-state index in [1.807, 2.05) is 36.0 Å². The Morgan fingerprint density at radius 1 is 1.31 bits per heavy atom. The first-order valence-electron chi connectivity index (χ1n) is 8.77. The summed E-state index contributed by atoms with van der Waals surface area (Å²) in [6, 6.07) is 5.23. The molecular weight excluding hydrogens is 330 g/mol. The molecule has 6 heteroatoms. The van der Waals surface area contributed by atoms with Crippen molar-refractivity contribution >= 4 is 5.91 Å². The predicted molar refractivity (Wildman–Crippen MR) is 99.2 cm³/mol. The van der Waals surface area contributed by atoms with Crippen molar-refractivity contribution < 1.29 is 14.3 Å². The molecule has 1 aromatic heterocycles. The summed E-state index contributed by atoms with van der Waals surface area (Å²) >= 11 is 0. The fraction of sp³-hybridized carbons (Fsp3) is 0.400. The molecule has 0 spiro atoms. The van der Waals surface area contributed by atoms with Gasteiger partial charge < -0.3 is 19.4 Å². The summed E-state index contributed by atoms with van der Waals surface area (Å²) in [6.07, 6.45) is 10.4. The highest BCUT2D eigenvalue weighted by Gasteiger charge is 2.24. The Bertz CT molecular complexity index is 775. The number of aromatic nitrogens is 2. The maximum absolute atomic E-state index is 12.7. The molecular formula is C20H25N3O3. The van der Waals surface area contributed by atoms with Crippen LogP contribution in [0.5, 0.6) is 11.5 Å². The molecule has 2 atom stereocenters. The number of hydrogen-bond donors (Lipinski definition) is 1. The molecule has 26 heavy (non-hydrogen) atoms. The first kappa shape index (κ1) is 18.0. The van der Waals surface area contributed by atoms with Gasteiger partial charge in [-0.05, 0) is 36.5 Å². The first-order valence-corrected chi connectivity index (χ1v) is 8.77. The van der Waals surface area contributed by atoms with Crippen molar-refractivity contribution in [3.8, 4) is 11.5 Å². The van der Waals surface area contributed by atoms with E-state index in [1.54, 1.807) is 20.4 Å². The van der Waals surface area contributed by atoms with Gasteiger partial charge >= 0.3 is 0 Å². The van der Waals surface area contributed by atoms with Gasteiger partial charge in [0.25, 0.3) is 0 Å². The summed E-state index contributed by atoms with van der Waals surface area (Å²) in [5.74, 6) is 2.43. The lowest BCUT2D eigenvalue weighted by Gasteiger charge is -2.21. The molecule has 6 nitrogen and oxygen atoms in total. The fourth-order valence-corrected chi connectivity index (χ4v) is 3.27. The van der Waals surface area contributed by atoms with E-state index in [9.17, 15) is 4.79 Å². The van der Waals surface area contributed by atoms with Crippen LogP contribution >= 0.6 is 0 Å². The molecule has 0 bridgehead atoms. The van der Waals surface area contributed by atoms with Crippen LogP contribution in [-0.4, -0.2) is 29.7 Å². The lowest BCUT2D eigenvalue weighted by molar-refractivity contribution is -0.122. The average Bonchev–Trinajstić information content (AvgIpc) is 3.30. The van der Waals surface area contributed by atoms with Crippen LogP contribution in [0.15, 0.2) is 42.7 Å². The molecule has 138 valence electrons. The zero-order valence-corrected chi connectivity index (χ0v) is 15.4. The minimum absolute atomic E-state index is 0.0105. The van der Waals surface area contributed by atoms with E-state index in [2.05, 4.69) is 22.5 Å². The van der Waals surface area contributed by atoms with Crippen LogP contribution in [-0.2, 0) is 11.8 Å². The van der Waals surface area contributed by atoms with Crippen LogP contribution in [0.1, 0.15) is 36.7 Å². The largest absolute Gasteiger partial charge is 0.497 e. The standard InChI is InChI=1S/C20H25N3O3/c1-23-9-8-21-20(23)19(22-18(24)10-14-6-4-5-7-14)15-11-16(25-2)13-17(12-15)26-3/h4,6,8-9,11-14,19H,5,7,10H2,1-3H3,(H,22,24). The monoisotopic (exact) mass is 355 g/mol. The number of imidazole rings is 1. The van der Waals surface area contributed by atoms with Crippen molar-refractivity contribution in [1.29, 1.82) is 0 Å². The third-order valence-corrected chi connectivity index (χ3v) is 4.69. The molecule has 1 amide bonds. The molecule has 2 unspecified atom stereocenters. The van der Waals surface area contributed by atoms with Gasteiger partial charge in [-0.2, -0.15) is 0 Å². The van der Waals surface area contributed by atoms with Gasteiger partial charge in [0.1, 0.15) is 23.4 Å². The average molecular weight is 355 g/mol. The lowest BCUT2D eigenvalue weighted by atomic mass is 10.0. The second-order valence-corrected chi connectivity index (χ2v) is 6.51. The third-order valence-electron chi connectivity index (χ3n) is 4.69. The molecule has 0 fully saturated rings. The van der Waals surface area contributed by atoms with E-state index in [0.717, 1.165) is 24.2 Å². The van der Waals surface area contributed by atoms with Crippen LogP contribution in [0, 0.1) is 5.92 Å². The molecule has 1 heterocycles. The fourth-order valence-electron chi connectivity index (χ4n) is 3.27. The Hall–Kier alpha value is -2.76. The van der Waals surface area contributed by atoms with Gasteiger partial charge in [0.05, 0.1) is 14.2 Å². The number of nitrogens with one attached hydrogen (secondary N) is 1. The number of nitrogens with zero attached hydrogens (tertiary/aromatic N) is 2. The topological polar surface area (TPSA) is 65.4 Å². The highest BCUT2D eigenvalue weighted by molar-refractivity contribution is 5.77. The Morgan fingerprint density at radius 3 is 2.58 bits per heavy atom. The minimum Gasteiger partial charge on any atom is -0.497 e. The number of benzene rings is 1. The molecule has 0 saturated heterocycles. The van der Waals surface area contributed by atoms with Crippen LogP contribution in [0.2, 0.25) is 0 Å². The van der Waals surface area contributed by atoms with Gasteiger partial charge in [-0.3, -0.25) is 4.79 Å². The molecule has 0 saturated carbocycles. The molecule has 0 aliphatic heterocycles. The molecule has 2 aromatic rings. The number of ether oxygens (including phenoxy) is 2. The number of methoxy groups -OCH3 is 2. The van der Waals surface area contributed by atoms with Crippen molar-refractivity contribution in [2.45, 2.75) is 25.3 Å². The van der Waals surface area contributed by atoms with Gasteiger partial charge in [-0.1, -0.05) is 12.2 Å². The number of allylic oxidation sites excluding steroid dienone is 2. The Kier molecular flexibility index (Phi) is 5.61. The minimum atomic E-state index is -0.378. The summed E-state index contributed by atoms with van der Waals surface area (Å²) in [5.41, 5.74) is 0.866. The van der Waals surface area contributed by atoms with Crippen molar-refractivity contribution in [3.05, 3.63) is 54.1 Å². The number of carbonyl (C=O) groups is 1. The second-order valence-electron chi connectivity index (χ2n) is 6.51. The zero-order valence-electron chi connectivity index (χ0n) is 15.4. The summed E-state index contributed by atoms with van der Waals surface area (Å²) in [4.78, 5) is 17.1. The summed E-state index contributed by atoms with van der Waals surface area (Å²) in [7, 11) is 5.14. The van der Waals surface area contributed by atoms with E-state index in [0.29, 0.717) is 23.8 Å². The normalized spacial score (nSPS) is 17.1. The van der Waals surface area contributed by atoms with E-state index < -0.39 is 0 Å². The molecule has 1 aromatic carbocycles. The number of aryl methyl sites for hydroxylation is 1. The van der Waals surface area contributed by atoms with Gasteiger partial charge in [0.15, 0.2) is 0 Å². The second kappa shape index (κ2) is 8.08. The highest BCUT2D eigenvalue weighted by atomic mass is 16.5. The van der Waals surface area contributed by atoms with Gasteiger partial charge in [0, 0.05) is 31.9 Å². The summed E-state index contributed by atoms with van der Waals surface area (Å²) in [6.45, 7) is 0. The van der Waals surface area contributed by atoms with Crippen molar-refractivity contribution in [2.24, 2.45) is 13.0 Å². The summed E-state index contributed by atoms with van der Waals surface area (Å²) < 4.78 is 12.7. The van der Waals surface area contributed by atoms with Crippen molar-refractivity contribution in [2.75, 3.05) is 14.2 Å².